The molecule has 164 valence electrons. The maximum Gasteiger partial charge on any atom is 0.255 e. The smallest absolute Gasteiger partial charge is 0.255 e. The topological polar surface area (TPSA) is 109 Å². The van der Waals surface area contributed by atoms with Gasteiger partial charge in [-0.05, 0) is 48.5 Å². The van der Waals surface area contributed by atoms with Gasteiger partial charge in [0.15, 0.2) is 11.5 Å². The number of rotatable bonds is 6. The number of carbonyl (C=O) groups excluding carboxylic acids is 1. The number of methoxy groups -OCH3 is 2. The molecule has 8 nitrogen and oxygen atoms in total. The van der Waals surface area contributed by atoms with E-state index in [9.17, 15) is 9.18 Å². The van der Waals surface area contributed by atoms with Gasteiger partial charge in [-0.25, -0.2) is 14.4 Å². The second kappa shape index (κ2) is 9.20. The molecule has 0 bridgehead atoms. The van der Waals surface area contributed by atoms with Crippen LogP contribution in [0.15, 0.2) is 60.9 Å². The van der Waals surface area contributed by atoms with Gasteiger partial charge >= 0.3 is 0 Å². The highest BCUT2D eigenvalue weighted by molar-refractivity contribution is 6.04. The van der Waals surface area contributed by atoms with E-state index < -0.39 is 11.7 Å². The number of amides is 1. The van der Waals surface area contributed by atoms with Gasteiger partial charge in [0.2, 0.25) is 0 Å². The van der Waals surface area contributed by atoms with Crippen LogP contribution in [0.4, 0.5) is 21.6 Å². The highest BCUT2D eigenvalue weighted by atomic mass is 19.1. The van der Waals surface area contributed by atoms with Crippen LogP contribution in [0.5, 0.6) is 11.5 Å². The summed E-state index contributed by atoms with van der Waals surface area (Å²) in [7, 11) is 3.07. The monoisotopic (exact) mass is 443 g/mol. The van der Waals surface area contributed by atoms with E-state index >= 15 is 0 Å². The van der Waals surface area contributed by atoms with Crippen LogP contribution in [0.2, 0.25) is 0 Å². The lowest BCUT2D eigenvalue weighted by atomic mass is 10.1. The zero-order valence-electron chi connectivity index (χ0n) is 17.7. The summed E-state index contributed by atoms with van der Waals surface area (Å²) in [6, 6.07) is 15.7. The number of hydrogen-bond donors (Lipinski definition) is 2. The van der Waals surface area contributed by atoms with Crippen molar-refractivity contribution in [3.8, 4) is 17.6 Å². The van der Waals surface area contributed by atoms with Gasteiger partial charge in [-0.3, -0.25) is 4.79 Å². The van der Waals surface area contributed by atoms with Gasteiger partial charge in [0.1, 0.15) is 18.0 Å². The molecule has 0 saturated heterocycles. The van der Waals surface area contributed by atoms with Gasteiger partial charge in [0, 0.05) is 22.7 Å². The molecule has 33 heavy (non-hydrogen) atoms. The fourth-order valence-corrected chi connectivity index (χ4v) is 3.21. The van der Waals surface area contributed by atoms with Crippen molar-refractivity contribution in [2.75, 3.05) is 24.9 Å². The maximum absolute atomic E-state index is 14.4. The van der Waals surface area contributed by atoms with Crippen LogP contribution in [-0.2, 0) is 0 Å². The maximum atomic E-state index is 14.4. The summed E-state index contributed by atoms with van der Waals surface area (Å²) in [6.07, 6.45) is 1.40. The molecule has 4 rings (SSSR count). The van der Waals surface area contributed by atoms with E-state index in [-0.39, 0.29) is 5.69 Å². The number of anilines is 3. The van der Waals surface area contributed by atoms with Crippen LogP contribution in [0, 0.1) is 17.1 Å². The third kappa shape index (κ3) is 4.50. The molecule has 9 heteroatoms. The largest absolute Gasteiger partial charge is 0.493 e. The first-order valence-corrected chi connectivity index (χ1v) is 9.77. The lowest BCUT2D eigenvalue weighted by Crippen LogP contribution is -2.13. The summed E-state index contributed by atoms with van der Waals surface area (Å²) >= 11 is 0. The van der Waals surface area contributed by atoms with Crippen molar-refractivity contribution in [3.63, 3.8) is 0 Å². The normalized spacial score (nSPS) is 10.4. The summed E-state index contributed by atoms with van der Waals surface area (Å²) in [5, 5.41) is 15.2. The average Bonchev–Trinajstić information content (AvgIpc) is 2.85. The fraction of sp³-hybridized carbons (Fsp3) is 0.0833. The van der Waals surface area contributed by atoms with Gasteiger partial charge in [0.25, 0.3) is 5.91 Å². The number of halogens is 1. The first kappa shape index (κ1) is 21.5. The third-order valence-electron chi connectivity index (χ3n) is 4.89. The van der Waals surface area contributed by atoms with Gasteiger partial charge in [-0.15, -0.1) is 0 Å². The van der Waals surface area contributed by atoms with Crippen LogP contribution in [0.3, 0.4) is 0 Å². The van der Waals surface area contributed by atoms with Crippen LogP contribution in [0.1, 0.15) is 15.9 Å². The number of nitrogens with one attached hydrogen (secondary N) is 2. The quantitative estimate of drug-likeness (QED) is 0.446. The van der Waals surface area contributed by atoms with Crippen molar-refractivity contribution in [2.45, 2.75) is 0 Å². The van der Waals surface area contributed by atoms with Crippen LogP contribution in [0.25, 0.3) is 10.9 Å². The molecule has 0 aliphatic rings. The molecule has 0 fully saturated rings. The van der Waals surface area contributed by atoms with Crippen LogP contribution >= 0.6 is 0 Å². The number of nitriles is 1. The molecule has 0 atom stereocenters. The summed E-state index contributed by atoms with van der Waals surface area (Å²) in [5.74, 6) is 0.417. The van der Waals surface area contributed by atoms with Crippen molar-refractivity contribution in [1.29, 1.82) is 5.26 Å². The third-order valence-corrected chi connectivity index (χ3v) is 4.89. The minimum absolute atomic E-state index is 0.00743. The van der Waals surface area contributed by atoms with Crippen molar-refractivity contribution < 1.29 is 18.7 Å². The van der Waals surface area contributed by atoms with Gasteiger partial charge < -0.3 is 20.1 Å². The Bertz CT molecular complexity index is 1380. The van der Waals surface area contributed by atoms with E-state index in [1.165, 1.54) is 63.0 Å². The molecule has 3 aromatic carbocycles. The molecule has 0 unspecified atom stereocenters. The van der Waals surface area contributed by atoms with E-state index in [0.29, 0.717) is 45.0 Å². The zero-order valence-corrected chi connectivity index (χ0v) is 17.7. The van der Waals surface area contributed by atoms with E-state index in [2.05, 4.69) is 20.6 Å². The Labute approximate surface area is 188 Å². The number of fused-ring (bicyclic) bond motifs is 1. The van der Waals surface area contributed by atoms with E-state index in [0.717, 1.165) is 0 Å². The molecule has 4 aromatic rings. The molecule has 1 heterocycles. The van der Waals surface area contributed by atoms with Crippen LogP contribution in [-0.4, -0.2) is 30.1 Å². The molecule has 0 saturated carbocycles. The molecule has 0 aliphatic heterocycles. The van der Waals surface area contributed by atoms with E-state index in [1.807, 2.05) is 6.07 Å². The second-order valence-corrected chi connectivity index (χ2v) is 6.91. The Morgan fingerprint density at radius 2 is 1.73 bits per heavy atom. The molecule has 1 aromatic heterocycles. The zero-order chi connectivity index (χ0) is 23.4. The number of benzene rings is 3. The minimum atomic E-state index is -0.596. The van der Waals surface area contributed by atoms with Crippen molar-refractivity contribution in [2.24, 2.45) is 0 Å². The van der Waals surface area contributed by atoms with Gasteiger partial charge in [-0.1, -0.05) is 0 Å². The van der Waals surface area contributed by atoms with Crippen molar-refractivity contribution in [3.05, 3.63) is 77.9 Å². The molecular formula is C24H18FN5O3. The summed E-state index contributed by atoms with van der Waals surface area (Å²) in [4.78, 5) is 21.1. The SMILES string of the molecule is COc1cc2ncnc(Nc3ccc(F)c(NC(=O)c4ccc(C#N)cc4)c3)c2cc1OC. The van der Waals surface area contributed by atoms with E-state index in [4.69, 9.17) is 14.7 Å². The first-order chi connectivity index (χ1) is 16.0. The van der Waals surface area contributed by atoms with E-state index in [1.54, 1.807) is 12.1 Å². The predicted octanol–water partition coefficient (Wildman–Crippen LogP) is 4.65. The highest BCUT2D eigenvalue weighted by Gasteiger charge is 2.13. The number of hydrogen-bond acceptors (Lipinski definition) is 7. The Kier molecular flexibility index (Phi) is 6.00. The Hall–Kier alpha value is -4.71. The molecule has 0 radical (unpaired) electrons. The molecule has 0 aliphatic carbocycles. The summed E-state index contributed by atoms with van der Waals surface area (Å²) in [6.45, 7) is 0. The van der Waals surface area contributed by atoms with Gasteiger partial charge in [0.05, 0.1) is 37.1 Å². The number of nitrogens with zero attached hydrogens (tertiary/aromatic N) is 3. The first-order valence-electron chi connectivity index (χ1n) is 9.77. The number of carbonyl (C=O) groups is 1. The standard InChI is InChI=1S/C24H18FN5O3/c1-32-21-10-17-19(11-22(21)33-2)27-13-28-23(17)29-16-7-8-18(25)20(9-16)30-24(31)15-5-3-14(12-26)4-6-15/h3-11,13H,1-2H3,(H,30,31)(H,27,28,29). The van der Waals surface area contributed by atoms with Crippen molar-refractivity contribution >= 4 is 34.0 Å². The molecule has 0 spiro atoms. The lowest BCUT2D eigenvalue weighted by Gasteiger charge is -2.13. The molecule has 2 N–H and O–H groups in total. The predicted molar refractivity (Wildman–Crippen MR) is 121 cm³/mol. The van der Waals surface area contributed by atoms with Crippen LogP contribution < -0.4 is 20.1 Å². The van der Waals surface area contributed by atoms with Gasteiger partial charge in [-0.2, -0.15) is 5.26 Å². The number of ether oxygens (including phenoxy) is 2. The average molecular weight is 443 g/mol. The summed E-state index contributed by atoms with van der Waals surface area (Å²) < 4.78 is 25.1. The van der Waals surface area contributed by atoms with Crippen molar-refractivity contribution in [1.82, 2.24) is 9.97 Å². The second-order valence-electron chi connectivity index (χ2n) is 6.91. The fourth-order valence-electron chi connectivity index (χ4n) is 3.21. The summed E-state index contributed by atoms with van der Waals surface area (Å²) in [5.41, 5.74) is 1.85. The minimum Gasteiger partial charge on any atom is -0.493 e. The highest BCUT2D eigenvalue weighted by Crippen LogP contribution is 2.34. The Balaban J connectivity index is 1.62. The number of aromatic nitrogens is 2. The lowest BCUT2D eigenvalue weighted by molar-refractivity contribution is 0.102. The Morgan fingerprint density at radius 1 is 1.00 bits per heavy atom. The Morgan fingerprint density at radius 3 is 2.42 bits per heavy atom. The molecular weight excluding hydrogens is 425 g/mol. The molecule has 1 amide bonds.